The SMILES string of the molecule is COC1CC(O)(c2ccc(C)nc2)C1. The smallest absolute Gasteiger partial charge is 0.0960 e. The van der Waals surface area contributed by atoms with Crippen LogP contribution in [0.1, 0.15) is 24.1 Å². The van der Waals surface area contributed by atoms with Gasteiger partial charge < -0.3 is 9.84 Å². The lowest BCUT2D eigenvalue weighted by atomic mass is 9.73. The summed E-state index contributed by atoms with van der Waals surface area (Å²) in [7, 11) is 1.68. The molecule has 0 spiro atoms. The summed E-state index contributed by atoms with van der Waals surface area (Å²) in [5, 5.41) is 10.2. The van der Waals surface area contributed by atoms with E-state index in [4.69, 9.17) is 4.74 Å². The van der Waals surface area contributed by atoms with Crippen LogP contribution in [0.15, 0.2) is 18.3 Å². The molecule has 0 aromatic carbocycles. The van der Waals surface area contributed by atoms with Gasteiger partial charge >= 0.3 is 0 Å². The Bertz CT molecular complexity index is 315. The maximum atomic E-state index is 10.2. The first-order valence-corrected chi connectivity index (χ1v) is 4.82. The zero-order valence-electron chi connectivity index (χ0n) is 8.53. The third-order valence-electron chi connectivity index (χ3n) is 2.91. The number of pyridine rings is 1. The highest BCUT2D eigenvalue weighted by Gasteiger charge is 2.44. The van der Waals surface area contributed by atoms with E-state index in [1.54, 1.807) is 13.3 Å². The average molecular weight is 193 g/mol. The van der Waals surface area contributed by atoms with E-state index in [-0.39, 0.29) is 6.10 Å². The molecule has 3 heteroatoms. The third-order valence-corrected chi connectivity index (χ3v) is 2.91. The zero-order chi connectivity index (χ0) is 10.2. The van der Waals surface area contributed by atoms with Gasteiger partial charge in [-0.05, 0) is 13.0 Å². The van der Waals surface area contributed by atoms with Gasteiger partial charge in [0.05, 0.1) is 11.7 Å². The zero-order valence-corrected chi connectivity index (χ0v) is 8.53. The van der Waals surface area contributed by atoms with Gasteiger partial charge in [-0.15, -0.1) is 0 Å². The van der Waals surface area contributed by atoms with Crippen molar-refractivity contribution < 1.29 is 9.84 Å². The molecule has 1 aliphatic carbocycles. The molecule has 3 nitrogen and oxygen atoms in total. The summed E-state index contributed by atoms with van der Waals surface area (Å²) >= 11 is 0. The first-order chi connectivity index (χ1) is 6.64. The van der Waals surface area contributed by atoms with E-state index < -0.39 is 5.60 Å². The molecule has 1 aliphatic rings. The van der Waals surface area contributed by atoms with Crippen LogP contribution in [0.3, 0.4) is 0 Å². The van der Waals surface area contributed by atoms with Gasteiger partial charge in [-0.2, -0.15) is 0 Å². The summed E-state index contributed by atoms with van der Waals surface area (Å²) in [5.74, 6) is 0. The van der Waals surface area contributed by atoms with Crippen LogP contribution in [-0.4, -0.2) is 23.3 Å². The molecule has 1 heterocycles. The Balaban J connectivity index is 2.13. The number of methoxy groups -OCH3 is 1. The molecule has 14 heavy (non-hydrogen) atoms. The Morgan fingerprint density at radius 3 is 2.71 bits per heavy atom. The first-order valence-electron chi connectivity index (χ1n) is 4.82. The molecule has 0 amide bonds. The van der Waals surface area contributed by atoms with E-state index in [9.17, 15) is 5.11 Å². The number of ether oxygens (including phenoxy) is 1. The summed E-state index contributed by atoms with van der Waals surface area (Å²) < 4.78 is 5.15. The Kier molecular flexibility index (Phi) is 2.29. The highest BCUT2D eigenvalue weighted by atomic mass is 16.5. The highest BCUT2D eigenvalue weighted by molar-refractivity contribution is 5.24. The standard InChI is InChI=1S/C11H15NO2/c1-8-3-4-9(7-12-8)11(13)5-10(6-11)14-2/h3-4,7,10,13H,5-6H2,1-2H3. The van der Waals surface area contributed by atoms with Crippen molar-refractivity contribution >= 4 is 0 Å². The van der Waals surface area contributed by atoms with Crippen LogP contribution in [0.5, 0.6) is 0 Å². The molecule has 76 valence electrons. The minimum atomic E-state index is -0.707. The number of aromatic nitrogens is 1. The number of rotatable bonds is 2. The highest BCUT2D eigenvalue weighted by Crippen LogP contribution is 2.42. The Labute approximate surface area is 83.7 Å². The van der Waals surface area contributed by atoms with E-state index in [0.29, 0.717) is 12.8 Å². The number of hydrogen-bond donors (Lipinski definition) is 1. The fourth-order valence-corrected chi connectivity index (χ4v) is 1.84. The lowest BCUT2D eigenvalue weighted by molar-refractivity contribution is -0.133. The van der Waals surface area contributed by atoms with E-state index in [2.05, 4.69) is 4.98 Å². The summed E-state index contributed by atoms with van der Waals surface area (Å²) in [6.07, 6.45) is 3.30. The van der Waals surface area contributed by atoms with E-state index >= 15 is 0 Å². The molecule has 1 saturated carbocycles. The van der Waals surface area contributed by atoms with Crippen molar-refractivity contribution in [3.05, 3.63) is 29.6 Å². The molecular formula is C11H15NO2. The molecule has 0 aliphatic heterocycles. The lowest BCUT2D eigenvalue weighted by Crippen LogP contribution is -2.45. The van der Waals surface area contributed by atoms with Gasteiger partial charge in [0.2, 0.25) is 0 Å². The van der Waals surface area contributed by atoms with Gasteiger partial charge in [0.15, 0.2) is 0 Å². The molecule has 0 atom stereocenters. The normalized spacial score (nSPS) is 31.2. The van der Waals surface area contributed by atoms with Crippen LogP contribution in [0, 0.1) is 6.92 Å². The van der Waals surface area contributed by atoms with Gasteiger partial charge in [-0.3, -0.25) is 4.98 Å². The van der Waals surface area contributed by atoms with Crippen LogP contribution in [0.25, 0.3) is 0 Å². The van der Waals surface area contributed by atoms with Crippen molar-refractivity contribution in [1.82, 2.24) is 4.98 Å². The molecule has 0 saturated heterocycles. The van der Waals surface area contributed by atoms with E-state index in [0.717, 1.165) is 11.3 Å². The topological polar surface area (TPSA) is 42.4 Å². The van der Waals surface area contributed by atoms with Gasteiger partial charge in [0.1, 0.15) is 0 Å². The predicted octanol–water partition coefficient (Wildman–Crippen LogP) is 1.39. The second-order valence-electron chi connectivity index (χ2n) is 3.99. The average Bonchev–Trinajstić information content (AvgIpc) is 2.14. The summed E-state index contributed by atoms with van der Waals surface area (Å²) in [6.45, 7) is 1.94. The number of aryl methyl sites for hydroxylation is 1. The Hall–Kier alpha value is -0.930. The Morgan fingerprint density at radius 1 is 1.50 bits per heavy atom. The monoisotopic (exact) mass is 193 g/mol. The van der Waals surface area contributed by atoms with Crippen molar-refractivity contribution in [2.75, 3.05) is 7.11 Å². The van der Waals surface area contributed by atoms with Crippen LogP contribution >= 0.6 is 0 Å². The molecule has 2 rings (SSSR count). The summed E-state index contributed by atoms with van der Waals surface area (Å²) in [6, 6.07) is 3.86. The van der Waals surface area contributed by atoms with Gasteiger partial charge in [-0.1, -0.05) is 6.07 Å². The Morgan fingerprint density at radius 2 is 2.21 bits per heavy atom. The van der Waals surface area contributed by atoms with Crippen molar-refractivity contribution in [3.8, 4) is 0 Å². The number of aliphatic hydroxyl groups is 1. The van der Waals surface area contributed by atoms with Gasteiger partial charge in [0.25, 0.3) is 0 Å². The summed E-state index contributed by atoms with van der Waals surface area (Å²) in [5.41, 5.74) is 1.16. The van der Waals surface area contributed by atoms with Crippen LogP contribution in [0.2, 0.25) is 0 Å². The number of hydrogen-bond acceptors (Lipinski definition) is 3. The molecule has 0 unspecified atom stereocenters. The largest absolute Gasteiger partial charge is 0.385 e. The molecule has 1 aromatic heterocycles. The van der Waals surface area contributed by atoms with E-state index in [1.807, 2.05) is 19.1 Å². The fourth-order valence-electron chi connectivity index (χ4n) is 1.84. The van der Waals surface area contributed by atoms with Crippen molar-refractivity contribution in [3.63, 3.8) is 0 Å². The molecule has 1 aromatic rings. The van der Waals surface area contributed by atoms with Crippen LogP contribution < -0.4 is 0 Å². The van der Waals surface area contributed by atoms with Crippen LogP contribution in [0.4, 0.5) is 0 Å². The first kappa shape index (κ1) is 9.62. The molecule has 0 radical (unpaired) electrons. The van der Waals surface area contributed by atoms with E-state index in [1.165, 1.54) is 0 Å². The minimum Gasteiger partial charge on any atom is -0.385 e. The maximum absolute atomic E-state index is 10.2. The molecular weight excluding hydrogens is 178 g/mol. The van der Waals surface area contributed by atoms with Gasteiger partial charge in [0, 0.05) is 37.4 Å². The second kappa shape index (κ2) is 3.33. The third kappa shape index (κ3) is 1.53. The van der Waals surface area contributed by atoms with Crippen molar-refractivity contribution in [2.45, 2.75) is 31.5 Å². The fraction of sp³-hybridized carbons (Fsp3) is 0.545. The lowest BCUT2D eigenvalue weighted by Gasteiger charge is -2.42. The molecule has 1 fully saturated rings. The summed E-state index contributed by atoms with van der Waals surface area (Å²) in [4.78, 5) is 4.18. The molecule has 0 bridgehead atoms. The van der Waals surface area contributed by atoms with Gasteiger partial charge in [-0.25, -0.2) is 0 Å². The number of nitrogens with zero attached hydrogens (tertiary/aromatic N) is 1. The van der Waals surface area contributed by atoms with Crippen LogP contribution in [-0.2, 0) is 10.3 Å². The predicted molar refractivity (Wildman–Crippen MR) is 52.9 cm³/mol. The minimum absolute atomic E-state index is 0.196. The second-order valence-corrected chi connectivity index (χ2v) is 3.99. The van der Waals surface area contributed by atoms with Crippen molar-refractivity contribution in [1.29, 1.82) is 0 Å². The maximum Gasteiger partial charge on any atom is 0.0960 e. The molecule has 1 N–H and O–H groups in total. The van der Waals surface area contributed by atoms with Crippen molar-refractivity contribution in [2.24, 2.45) is 0 Å². The quantitative estimate of drug-likeness (QED) is 0.771.